The topological polar surface area (TPSA) is 88.1 Å². The predicted molar refractivity (Wildman–Crippen MR) is 106 cm³/mol. The highest BCUT2D eigenvalue weighted by Crippen LogP contribution is 2.32. The van der Waals surface area contributed by atoms with Crippen molar-refractivity contribution in [2.24, 2.45) is 5.10 Å². The molecule has 0 bridgehead atoms. The first-order valence-corrected chi connectivity index (χ1v) is 9.89. The van der Waals surface area contributed by atoms with E-state index >= 15 is 0 Å². The van der Waals surface area contributed by atoms with Gasteiger partial charge in [0, 0.05) is 5.71 Å². The van der Waals surface area contributed by atoms with Crippen molar-refractivity contribution >= 4 is 27.3 Å². The average molecular weight is 389 g/mol. The minimum atomic E-state index is -3.98. The molecule has 27 heavy (non-hydrogen) atoms. The third kappa shape index (κ3) is 5.30. The molecule has 8 heteroatoms. The van der Waals surface area contributed by atoms with Crippen molar-refractivity contribution in [3.63, 3.8) is 0 Å². The Morgan fingerprint density at radius 2 is 1.70 bits per heavy atom. The Morgan fingerprint density at radius 3 is 2.33 bits per heavy atom. The lowest BCUT2D eigenvalue weighted by Gasteiger charge is -2.25. The lowest BCUT2D eigenvalue weighted by molar-refractivity contribution is -0.119. The van der Waals surface area contributed by atoms with Gasteiger partial charge in [0.05, 0.1) is 17.2 Å². The molecule has 0 aliphatic carbocycles. The van der Waals surface area contributed by atoms with Crippen molar-refractivity contribution in [1.29, 1.82) is 0 Å². The summed E-state index contributed by atoms with van der Waals surface area (Å²) < 4.78 is 33.0. The van der Waals surface area contributed by atoms with E-state index in [4.69, 9.17) is 4.74 Å². The molecule has 1 N–H and O–H groups in total. The third-order valence-electron chi connectivity index (χ3n) is 3.46. The number of carbonyl (C=O) groups is 1. The number of hydrogen-bond acceptors (Lipinski definition) is 5. The van der Waals surface area contributed by atoms with Gasteiger partial charge in [-0.05, 0) is 45.0 Å². The number of hydrogen-bond donors (Lipinski definition) is 1. The minimum absolute atomic E-state index is 0.0827. The summed E-state index contributed by atoms with van der Waals surface area (Å²) in [5, 5.41) is 3.85. The first-order chi connectivity index (χ1) is 12.9. The van der Waals surface area contributed by atoms with Crippen molar-refractivity contribution in [2.75, 3.05) is 17.5 Å². The Bertz CT molecular complexity index is 908. The van der Waals surface area contributed by atoms with Gasteiger partial charge in [0.15, 0.2) is 0 Å². The number of benzene rings is 2. The monoisotopic (exact) mass is 389 g/mol. The molecule has 7 nitrogen and oxygen atoms in total. The summed E-state index contributed by atoms with van der Waals surface area (Å²) in [6.07, 6.45) is 0. The Labute approximate surface area is 159 Å². The quantitative estimate of drug-likeness (QED) is 0.555. The SMILES string of the molecule is CCOc1ccccc1N(CC(=O)NN=C(C)C)S(=O)(=O)c1ccccc1. The molecule has 144 valence electrons. The maximum absolute atomic E-state index is 13.2. The van der Waals surface area contributed by atoms with Crippen molar-refractivity contribution < 1.29 is 17.9 Å². The van der Waals surface area contributed by atoms with Gasteiger partial charge in [-0.15, -0.1) is 0 Å². The van der Waals surface area contributed by atoms with Gasteiger partial charge in [-0.25, -0.2) is 13.8 Å². The molecule has 2 rings (SSSR count). The smallest absolute Gasteiger partial charge is 0.264 e. The Balaban J connectivity index is 2.50. The molecule has 0 aromatic heterocycles. The maximum Gasteiger partial charge on any atom is 0.264 e. The van der Waals surface area contributed by atoms with Crippen LogP contribution in [0.2, 0.25) is 0 Å². The summed E-state index contributed by atoms with van der Waals surface area (Å²) in [7, 11) is -3.98. The van der Waals surface area contributed by atoms with Gasteiger partial charge in [-0.3, -0.25) is 9.10 Å². The van der Waals surface area contributed by atoms with E-state index < -0.39 is 22.5 Å². The summed E-state index contributed by atoms with van der Waals surface area (Å²) in [5.74, 6) is -0.176. The number of ether oxygens (including phenoxy) is 1. The molecule has 0 spiro atoms. The van der Waals surface area contributed by atoms with Crippen LogP contribution in [0.1, 0.15) is 20.8 Å². The van der Waals surface area contributed by atoms with Crippen LogP contribution in [-0.2, 0) is 14.8 Å². The molecule has 2 aromatic carbocycles. The highest BCUT2D eigenvalue weighted by atomic mass is 32.2. The number of nitrogens with one attached hydrogen (secondary N) is 1. The molecule has 0 saturated carbocycles. The molecule has 0 atom stereocenters. The zero-order valence-corrected chi connectivity index (χ0v) is 16.4. The van der Waals surface area contributed by atoms with Gasteiger partial charge in [-0.1, -0.05) is 30.3 Å². The standard InChI is InChI=1S/C19H23N3O4S/c1-4-26-18-13-9-8-12-17(18)22(14-19(23)21-20-15(2)3)27(24,25)16-10-6-5-7-11-16/h5-13H,4,14H2,1-3H3,(H,21,23). The molecule has 2 aromatic rings. The van der Waals surface area contributed by atoms with E-state index in [1.807, 2.05) is 0 Å². The first kappa shape index (κ1) is 20.4. The summed E-state index contributed by atoms with van der Waals surface area (Å²) in [4.78, 5) is 12.4. The number of sulfonamides is 1. The fraction of sp³-hybridized carbons (Fsp3) is 0.263. The number of para-hydroxylation sites is 2. The van der Waals surface area contributed by atoms with E-state index in [9.17, 15) is 13.2 Å². The first-order valence-electron chi connectivity index (χ1n) is 8.45. The molecule has 1 amide bonds. The second-order valence-electron chi connectivity index (χ2n) is 5.82. The van der Waals surface area contributed by atoms with Crippen LogP contribution in [-0.4, -0.2) is 33.2 Å². The Hall–Kier alpha value is -2.87. The van der Waals surface area contributed by atoms with E-state index in [0.29, 0.717) is 18.1 Å². The summed E-state index contributed by atoms with van der Waals surface area (Å²) in [6.45, 7) is 5.18. The molecule has 0 radical (unpaired) electrons. The predicted octanol–water partition coefficient (Wildman–Crippen LogP) is 2.79. The zero-order chi connectivity index (χ0) is 19.9. The van der Waals surface area contributed by atoms with Crippen LogP contribution in [0.3, 0.4) is 0 Å². The van der Waals surface area contributed by atoms with Crippen LogP contribution >= 0.6 is 0 Å². The minimum Gasteiger partial charge on any atom is -0.492 e. The number of rotatable bonds is 8. The van der Waals surface area contributed by atoms with E-state index in [2.05, 4.69) is 10.5 Å². The third-order valence-corrected chi connectivity index (χ3v) is 5.23. The van der Waals surface area contributed by atoms with E-state index in [1.165, 1.54) is 12.1 Å². The van der Waals surface area contributed by atoms with Crippen LogP contribution in [0.5, 0.6) is 5.75 Å². The molecular weight excluding hydrogens is 366 g/mol. The van der Waals surface area contributed by atoms with Gasteiger partial charge < -0.3 is 4.74 Å². The molecule has 0 aliphatic heterocycles. The van der Waals surface area contributed by atoms with Crippen molar-refractivity contribution in [3.8, 4) is 5.75 Å². The normalized spacial score (nSPS) is 10.8. The number of anilines is 1. The summed E-state index contributed by atoms with van der Waals surface area (Å²) >= 11 is 0. The average Bonchev–Trinajstić information content (AvgIpc) is 2.66. The number of carbonyl (C=O) groups excluding carboxylic acids is 1. The Kier molecular flexibility index (Phi) is 6.95. The number of amides is 1. The molecular formula is C19H23N3O4S. The highest BCUT2D eigenvalue weighted by Gasteiger charge is 2.29. The summed E-state index contributed by atoms with van der Waals surface area (Å²) in [5.41, 5.74) is 3.30. The molecule has 0 unspecified atom stereocenters. The molecule has 0 saturated heterocycles. The second-order valence-corrected chi connectivity index (χ2v) is 7.68. The largest absolute Gasteiger partial charge is 0.492 e. The van der Waals surface area contributed by atoms with Gasteiger partial charge in [-0.2, -0.15) is 5.10 Å². The Morgan fingerprint density at radius 1 is 1.07 bits per heavy atom. The highest BCUT2D eigenvalue weighted by molar-refractivity contribution is 7.92. The second kappa shape index (κ2) is 9.18. The van der Waals surface area contributed by atoms with E-state index in [1.54, 1.807) is 63.2 Å². The molecule has 0 heterocycles. The fourth-order valence-electron chi connectivity index (χ4n) is 2.30. The molecule has 0 fully saturated rings. The lowest BCUT2D eigenvalue weighted by atomic mass is 10.3. The number of hydrazone groups is 1. The van der Waals surface area contributed by atoms with Crippen LogP contribution in [0, 0.1) is 0 Å². The van der Waals surface area contributed by atoms with Crippen molar-refractivity contribution in [3.05, 3.63) is 54.6 Å². The van der Waals surface area contributed by atoms with Gasteiger partial charge in [0.1, 0.15) is 12.3 Å². The van der Waals surface area contributed by atoms with Gasteiger partial charge in [0.25, 0.3) is 15.9 Å². The summed E-state index contributed by atoms with van der Waals surface area (Å²) in [6, 6.07) is 14.7. The molecule has 0 aliphatic rings. The van der Waals surface area contributed by atoms with Crippen LogP contribution in [0.15, 0.2) is 64.6 Å². The lowest BCUT2D eigenvalue weighted by Crippen LogP contribution is -2.40. The van der Waals surface area contributed by atoms with Crippen molar-refractivity contribution in [2.45, 2.75) is 25.7 Å². The van der Waals surface area contributed by atoms with E-state index in [0.717, 1.165) is 4.31 Å². The van der Waals surface area contributed by atoms with Crippen LogP contribution in [0.25, 0.3) is 0 Å². The van der Waals surface area contributed by atoms with Crippen LogP contribution in [0.4, 0.5) is 5.69 Å². The maximum atomic E-state index is 13.2. The number of nitrogens with zero attached hydrogens (tertiary/aromatic N) is 2. The zero-order valence-electron chi connectivity index (χ0n) is 15.5. The van der Waals surface area contributed by atoms with Crippen LogP contribution < -0.4 is 14.5 Å². The fourth-order valence-corrected chi connectivity index (χ4v) is 3.75. The van der Waals surface area contributed by atoms with E-state index in [-0.39, 0.29) is 10.6 Å². The van der Waals surface area contributed by atoms with Gasteiger partial charge in [0.2, 0.25) is 0 Å². The van der Waals surface area contributed by atoms with Crippen molar-refractivity contribution in [1.82, 2.24) is 5.43 Å². The van der Waals surface area contributed by atoms with Gasteiger partial charge >= 0.3 is 0 Å².